The van der Waals surface area contributed by atoms with E-state index in [1.165, 1.54) is 0 Å². The van der Waals surface area contributed by atoms with Crippen molar-refractivity contribution in [3.05, 3.63) is 77.4 Å². The predicted molar refractivity (Wildman–Crippen MR) is 151 cm³/mol. The average Bonchev–Trinajstić information content (AvgIpc) is 2.96. The Morgan fingerprint density at radius 3 is 1.97 bits per heavy atom. The van der Waals surface area contributed by atoms with Gasteiger partial charge in [0.2, 0.25) is 5.75 Å². The van der Waals surface area contributed by atoms with Gasteiger partial charge in [-0.3, -0.25) is 0 Å². The fraction of sp³-hybridized carbons (Fsp3) is 0.290. The average molecular weight is 521 g/mol. The summed E-state index contributed by atoms with van der Waals surface area (Å²) in [5, 5.41) is 0. The van der Waals surface area contributed by atoms with Crippen LogP contribution in [0.4, 0.5) is 0 Å². The Morgan fingerprint density at radius 1 is 0.605 bits per heavy atom. The van der Waals surface area contributed by atoms with E-state index in [0.29, 0.717) is 35.4 Å². The first-order chi connectivity index (χ1) is 18.6. The minimum atomic E-state index is 0.220. The van der Waals surface area contributed by atoms with Gasteiger partial charge in [0.15, 0.2) is 29.8 Å². The molecule has 7 nitrogen and oxygen atoms in total. The molecule has 0 saturated carbocycles. The van der Waals surface area contributed by atoms with Gasteiger partial charge < -0.3 is 33.2 Å². The van der Waals surface area contributed by atoms with Gasteiger partial charge in [0.05, 0.1) is 35.0 Å². The van der Waals surface area contributed by atoms with Crippen molar-refractivity contribution >= 4 is 18.2 Å². The minimum absolute atomic E-state index is 0.220. The van der Waals surface area contributed by atoms with Gasteiger partial charge in [-0.2, -0.15) is 0 Å². The Bertz CT molecular complexity index is 1190. The molecule has 0 aliphatic carbocycles. The second-order valence-corrected chi connectivity index (χ2v) is 8.18. The molecule has 0 aliphatic heterocycles. The number of ether oxygens (including phenoxy) is 7. The third-order valence-electron chi connectivity index (χ3n) is 5.66. The largest absolute Gasteiger partial charge is 0.493 e. The Hall–Kier alpha value is -4.10. The van der Waals surface area contributed by atoms with E-state index in [0.717, 1.165) is 35.3 Å². The number of hydrogen-bond donors (Lipinski definition) is 0. The summed E-state index contributed by atoms with van der Waals surface area (Å²) >= 11 is 0. The molecule has 3 rings (SSSR count). The third-order valence-corrected chi connectivity index (χ3v) is 5.66. The number of rotatable bonds is 15. The van der Waals surface area contributed by atoms with Crippen LogP contribution < -0.4 is 28.4 Å². The Morgan fingerprint density at radius 2 is 1.29 bits per heavy atom. The van der Waals surface area contributed by atoms with Gasteiger partial charge in [0.25, 0.3) is 0 Å². The minimum Gasteiger partial charge on any atom is -0.493 e. The molecule has 0 N–H and O–H groups in total. The van der Waals surface area contributed by atoms with Crippen molar-refractivity contribution in [3.8, 4) is 34.5 Å². The summed E-state index contributed by atoms with van der Waals surface area (Å²) in [6, 6.07) is 17.5. The normalized spacial score (nSPS) is 11.1. The van der Waals surface area contributed by atoms with E-state index in [4.69, 9.17) is 33.2 Å². The maximum Gasteiger partial charge on any atom is 0.203 e. The zero-order valence-electron chi connectivity index (χ0n) is 22.7. The molecule has 0 bridgehead atoms. The highest BCUT2D eigenvalue weighted by Crippen LogP contribution is 2.38. The first-order valence-corrected chi connectivity index (χ1v) is 12.3. The van der Waals surface area contributed by atoms with Gasteiger partial charge >= 0.3 is 0 Å². The van der Waals surface area contributed by atoms with E-state index in [2.05, 4.69) is 12.2 Å². The Balaban J connectivity index is 1.61. The molecule has 202 valence electrons. The molecule has 0 fully saturated rings. The zero-order valence-corrected chi connectivity index (χ0v) is 22.7. The van der Waals surface area contributed by atoms with Crippen molar-refractivity contribution in [2.75, 3.05) is 48.9 Å². The van der Waals surface area contributed by atoms with E-state index >= 15 is 0 Å². The Kier molecular flexibility index (Phi) is 11.4. The summed E-state index contributed by atoms with van der Waals surface area (Å²) in [4.78, 5) is 0. The highest BCUT2D eigenvalue weighted by molar-refractivity contribution is 5.73. The van der Waals surface area contributed by atoms with Crippen molar-refractivity contribution in [3.63, 3.8) is 0 Å². The molecule has 0 saturated heterocycles. The zero-order chi connectivity index (χ0) is 27.2. The quantitative estimate of drug-likeness (QED) is 0.125. The van der Waals surface area contributed by atoms with Gasteiger partial charge in [-0.25, -0.2) is 0 Å². The summed E-state index contributed by atoms with van der Waals surface area (Å²) in [6.07, 6.45) is 9.87. The number of allylic oxidation sites excluding steroid dienone is 1. The molecule has 3 aromatic carbocycles. The van der Waals surface area contributed by atoms with Crippen LogP contribution >= 0.6 is 0 Å². The molecular formula is C31H36O7. The molecule has 0 atom stereocenters. The lowest BCUT2D eigenvalue weighted by atomic mass is 10.1. The lowest BCUT2D eigenvalue weighted by Crippen LogP contribution is -2.00. The monoisotopic (exact) mass is 520 g/mol. The van der Waals surface area contributed by atoms with E-state index in [-0.39, 0.29) is 6.79 Å². The molecule has 7 heteroatoms. The molecule has 0 heterocycles. The van der Waals surface area contributed by atoms with Gasteiger partial charge in [-0.15, -0.1) is 0 Å². The second kappa shape index (κ2) is 15.2. The predicted octanol–water partition coefficient (Wildman–Crippen LogP) is 6.75. The fourth-order valence-electron chi connectivity index (χ4n) is 3.77. The van der Waals surface area contributed by atoms with Crippen LogP contribution in [0.5, 0.6) is 34.5 Å². The van der Waals surface area contributed by atoms with Gasteiger partial charge in [-0.05, 0) is 54.3 Å². The fourth-order valence-corrected chi connectivity index (χ4v) is 3.77. The summed E-state index contributed by atoms with van der Waals surface area (Å²) in [5.41, 5.74) is 2.90. The molecule has 38 heavy (non-hydrogen) atoms. The molecule has 0 spiro atoms. The number of hydrogen-bond acceptors (Lipinski definition) is 7. The van der Waals surface area contributed by atoms with Gasteiger partial charge in [-0.1, -0.05) is 48.6 Å². The second-order valence-electron chi connectivity index (χ2n) is 8.18. The topological polar surface area (TPSA) is 64.6 Å². The van der Waals surface area contributed by atoms with Crippen molar-refractivity contribution in [1.82, 2.24) is 0 Å². The van der Waals surface area contributed by atoms with Crippen LogP contribution in [0.1, 0.15) is 29.5 Å². The van der Waals surface area contributed by atoms with E-state index in [9.17, 15) is 0 Å². The molecule has 0 aliphatic rings. The van der Waals surface area contributed by atoms with Crippen molar-refractivity contribution < 1.29 is 33.2 Å². The number of methoxy groups -OCH3 is 5. The van der Waals surface area contributed by atoms with E-state index in [1.807, 2.05) is 66.7 Å². The molecule has 0 unspecified atom stereocenters. The maximum atomic E-state index is 6.06. The van der Waals surface area contributed by atoms with Crippen molar-refractivity contribution in [2.45, 2.75) is 12.8 Å². The molecule has 0 amide bonds. The van der Waals surface area contributed by atoms with Crippen LogP contribution in [0.2, 0.25) is 0 Å². The summed E-state index contributed by atoms with van der Waals surface area (Å²) in [6.45, 7) is 0.778. The van der Waals surface area contributed by atoms with Crippen LogP contribution in [0.3, 0.4) is 0 Å². The van der Waals surface area contributed by atoms with E-state index < -0.39 is 0 Å². The standard InChI is InChI=1S/C31H36O7/c1-32-22-38-26-13-9-8-12-25(26)11-7-6-10-18-37-28-19-23(16-17-27(28)33-2)14-15-24-20-29(34-3)31(36-5)30(21-24)35-4/h7-9,11-17,19-21H,6,10,18,22H2,1-5H3/b11-7+,15-14-. The van der Waals surface area contributed by atoms with E-state index in [1.54, 1.807) is 35.5 Å². The maximum absolute atomic E-state index is 6.06. The van der Waals surface area contributed by atoms with Gasteiger partial charge in [0, 0.05) is 12.7 Å². The molecule has 0 radical (unpaired) electrons. The molecule has 0 aromatic heterocycles. The van der Waals surface area contributed by atoms with Crippen LogP contribution in [-0.4, -0.2) is 48.9 Å². The van der Waals surface area contributed by atoms with Crippen LogP contribution in [0.15, 0.2) is 60.7 Å². The lowest BCUT2D eigenvalue weighted by molar-refractivity contribution is 0.0510. The Labute approximate surface area is 225 Å². The number of benzene rings is 3. The lowest BCUT2D eigenvalue weighted by Gasteiger charge is -2.13. The van der Waals surface area contributed by atoms with Crippen molar-refractivity contribution in [2.24, 2.45) is 0 Å². The SMILES string of the molecule is COCOc1ccccc1/C=C/CCCOc1cc(/C=C\c2cc(OC)c(OC)c(OC)c2)ccc1OC. The molecular weight excluding hydrogens is 484 g/mol. The van der Waals surface area contributed by atoms with Crippen LogP contribution in [-0.2, 0) is 4.74 Å². The molecule has 3 aromatic rings. The van der Waals surface area contributed by atoms with Crippen molar-refractivity contribution in [1.29, 1.82) is 0 Å². The summed E-state index contributed by atoms with van der Waals surface area (Å²) in [7, 11) is 8.03. The highest BCUT2D eigenvalue weighted by Gasteiger charge is 2.12. The van der Waals surface area contributed by atoms with Crippen LogP contribution in [0.25, 0.3) is 18.2 Å². The summed E-state index contributed by atoms with van der Waals surface area (Å²) < 4.78 is 38.5. The number of para-hydroxylation sites is 1. The van der Waals surface area contributed by atoms with Crippen LogP contribution in [0, 0.1) is 0 Å². The first kappa shape index (κ1) is 28.5. The third kappa shape index (κ3) is 7.95. The smallest absolute Gasteiger partial charge is 0.203 e. The highest BCUT2D eigenvalue weighted by atomic mass is 16.7. The number of unbranched alkanes of at least 4 members (excludes halogenated alkanes) is 1. The van der Waals surface area contributed by atoms with Gasteiger partial charge in [0.1, 0.15) is 5.75 Å². The first-order valence-electron chi connectivity index (χ1n) is 12.3. The summed E-state index contributed by atoms with van der Waals surface area (Å²) in [5.74, 6) is 3.95.